The van der Waals surface area contributed by atoms with E-state index in [4.69, 9.17) is 0 Å². The molecule has 0 aliphatic rings. The van der Waals surface area contributed by atoms with Gasteiger partial charge in [-0.1, -0.05) is 35.9 Å². The van der Waals surface area contributed by atoms with Gasteiger partial charge in [0.2, 0.25) is 5.91 Å². The molecule has 0 spiro atoms. The van der Waals surface area contributed by atoms with Crippen molar-refractivity contribution >= 4 is 28.5 Å². The first-order chi connectivity index (χ1) is 13.4. The molecule has 3 rings (SSSR count). The third-order valence-corrected chi connectivity index (χ3v) is 4.71. The number of anilines is 1. The van der Waals surface area contributed by atoms with Gasteiger partial charge in [-0.15, -0.1) is 0 Å². The first-order valence-electron chi connectivity index (χ1n) is 9.38. The second kappa shape index (κ2) is 8.61. The topological polar surface area (TPSA) is 86.0 Å². The van der Waals surface area contributed by atoms with Gasteiger partial charge < -0.3 is 20.9 Å². The number of fused-ring (bicyclic) bond motifs is 1. The summed E-state index contributed by atoms with van der Waals surface area (Å²) >= 11 is 0. The van der Waals surface area contributed by atoms with Crippen molar-refractivity contribution < 1.29 is 9.59 Å². The molecule has 0 unspecified atom stereocenters. The van der Waals surface area contributed by atoms with E-state index in [1.165, 1.54) is 0 Å². The molecule has 6 heteroatoms. The number of aryl methyl sites for hydroxylation is 3. The minimum atomic E-state index is -0.354. The molecule has 0 aliphatic heterocycles. The van der Waals surface area contributed by atoms with Crippen LogP contribution in [0.3, 0.4) is 0 Å². The van der Waals surface area contributed by atoms with Crippen LogP contribution < -0.4 is 16.0 Å². The van der Waals surface area contributed by atoms with Gasteiger partial charge in [0.05, 0.1) is 6.54 Å². The van der Waals surface area contributed by atoms with Crippen molar-refractivity contribution in [2.75, 3.05) is 18.4 Å². The number of benzene rings is 2. The van der Waals surface area contributed by atoms with E-state index in [-0.39, 0.29) is 18.5 Å². The fraction of sp³-hybridized carbons (Fsp3) is 0.273. The number of urea groups is 1. The standard InChI is InChI=1S/C22H26N4O2/c1-14-10-15(2)21(16(3)11-14)26-20(27)13-25-22(28)23-9-8-17-12-24-19-7-5-4-6-18(17)19/h4-7,10-12,24H,8-9,13H2,1-3H3,(H,26,27)(H2,23,25,28). The van der Waals surface area contributed by atoms with Crippen LogP contribution in [0.2, 0.25) is 0 Å². The van der Waals surface area contributed by atoms with E-state index in [1.807, 2.05) is 57.3 Å². The van der Waals surface area contributed by atoms with Crippen LogP contribution in [0.15, 0.2) is 42.6 Å². The highest BCUT2D eigenvalue weighted by Gasteiger charge is 2.10. The Balaban J connectivity index is 1.43. The lowest BCUT2D eigenvalue weighted by Crippen LogP contribution is -2.40. The third kappa shape index (κ3) is 4.71. The van der Waals surface area contributed by atoms with Crippen LogP contribution in [0, 0.1) is 20.8 Å². The average molecular weight is 378 g/mol. The summed E-state index contributed by atoms with van der Waals surface area (Å²) in [5.41, 5.74) is 6.21. The van der Waals surface area contributed by atoms with Gasteiger partial charge in [-0.05, 0) is 49.9 Å². The number of hydrogen-bond acceptors (Lipinski definition) is 2. The van der Waals surface area contributed by atoms with Crippen molar-refractivity contribution in [3.8, 4) is 0 Å². The van der Waals surface area contributed by atoms with Gasteiger partial charge in [-0.25, -0.2) is 4.79 Å². The Bertz CT molecular complexity index is 984. The number of aromatic amines is 1. The lowest BCUT2D eigenvalue weighted by atomic mass is 10.1. The zero-order valence-corrected chi connectivity index (χ0v) is 16.5. The van der Waals surface area contributed by atoms with Crippen molar-refractivity contribution in [2.24, 2.45) is 0 Å². The lowest BCUT2D eigenvalue weighted by Gasteiger charge is -2.13. The maximum Gasteiger partial charge on any atom is 0.315 e. The second-order valence-electron chi connectivity index (χ2n) is 7.04. The van der Waals surface area contributed by atoms with Crippen molar-refractivity contribution in [3.05, 3.63) is 64.8 Å². The molecule has 2 aromatic carbocycles. The van der Waals surface area contributed by atoms with Crippen LogP contribution in [0.5, 0.6) is 0 Å². The number of amides is 3. The van der Waals surface area contributed by atoms with Gasteiger partial charge in [0.25, 0.3) is 0 Å². The van der Waals surface area contributed by atoms with Gasteiger partial charge in [-0.3, -0.25) is 4.79 Å². The van der Waals surface area contributed by atoms with Crippen molar-refractivity contribution in [3.63, 3.8) is 0 Å². The van der Waals surface area contributed by atoms with Crippen LogP contribution in [-0.4, -0.2) is 30.0 Å². The second-order valence-corrected chi connectivity index (χ2v) is 7.04. The maximum atomic E-state index is 12.2. The Labute approximate surface area is 164 Å². The summed E-state index contributed by atoms with van der Waals surface area (Å²) in [6.07, 6.45) is 2.68. The van der Waals surface area contributed by atoms with Crippen LogP contribution >= 0.6 is 0 Å². The molecule has 3 aromatic rings. The molecule has 0 fully saturated rings. The number of rotatable bonds is 6. The van der Waals surface area contributed by atoms with E-state index >= 15 is 0 Å². The number of aromatic nitrogens is 1. The van der Waals surface area contributed by atoms with Crippen LogP contribution in [0.1, 0.15) is 22.3 Å². The molecule has 146 valence electrons. The highest BCUT2D eigenvalue weighted by Crippen LogP contribution is 2.21. The molecule has 6 nitrogen and oxygen atoms in total. The number of nitrogens with one attached hydrogen (secondary N) is 4. The summed E-state index contributed by atoms with van der Waals surface area (Å²) in [4.78, 5) is 27.3. The van der Waals surface area contributed by atoms with Gasteiger partial charge in [0.15, 0.2) is 0 Å². The molecule has 28 heavy (non-hydrogen) atoms. The Morgan fingerprint density at radius 3 is 2.46 bits per heavy atom. The normalized spacial score (nSPS) is 10.7. The van der Waals surface area contributed by atoms with Gasteiger partial charge >= 0.3 is 6.03 Å². The van der Waals surface area contributed by atoms with Gasteiger partial charge in [-0.2, -0.15) is 0 Å². The van der Waals surface area contributed by atoms with E-state index in [0.29, 0.717) is 13.0 Å². The summed E-state index contributed by atoms with van der Waals surface area (Å²) in [6, 6.07) is 11.7. The summed E-state index contributed by atoms with van der Waals surface area (Å²) in [5, 5.41) is 9.43. The molecule has 0 radical (unpaired) electrons. The Morgan fingerprint density at radius 2 is 1.71 bits per heavy atom. The highest BCUT2D eigenvalue weighted by atomic mass is 16.2. The predicted octanol–water partition coefficient (Wildman–Crippen LogP) is 3.57. The molecule has 1 aromatic heterocycles. The first kappa shape index (κ1) is 19.5. The van der Waals surface area contributed by atoms with E-state index in [9.17, 15) is 9.59 Å². The van der Waals surface area contributed by atoms with Crippen LogP contribution in [0.4, 0.5) is 10.5 Å². The molecule has 3 amide bonds. The van der Waals surface area contributed by atoms with E-state index in [2.05, 4.69) is 27.0 Å². The minimum absolute atomic E-state index is 0.0777. The number of H-pyrrole nitrogens is 1. The summed E-state index contributed by atoms with van der Waals surface area (Å²) in [5.74, 6) is -0.248. The molecule has 4 N–H and O–H groups in total. The minimum Gasteiger partial charge on any atom is -0.361 e. The smallest absolute Gasteiger partial charge is 0.315 e. The fourth-order valence-electron chi connectivity index (χ4n) is 3.43. The summed E-state index contributed by atoms with van der Waals surface area (Å²) in [7, 11) is 0. The molecule has 0 saturated heterocycles. The van der Waals surface area contributed by atoms with Crippen LogP contribution in [-0.2, 0) is 11.2 Å². The zero-order valence-electron chi connectivity index (χ0n) is 16.5. The largest absolute Gasteiger partial charge is 0.361 e. The molecule has 0 aliphatic carbocycles. The summed E-state index contributed by atoms with van der Waals surface area (Å²) in [6.45, 7) is 6.35. The predicted molar refractivity (Wildman–Crippen MR) is 113 cm³/mol. The molecule has 0 saturated carbocycles. The van der Waals surface area contributed by atoms with Crippen LogP contribution in [0.25, 0.3) is 10.9 Å². The average Bonchev–Trinajstić information content (AvgIpc) is 3.06. The number of carbonyl (C=O) groups excluding carboxylic acids is 2. The quantitative estimate of drug-likeness (QED) is 0.528. The Kier molecular flexibility index (Phi) is 5.99. The molecular formula is C22H26N4O2. The SMILES string of the molecule is Cc1cc(C)c(NC(=O)CNC(=O)NCCc2c[nH]c3ccccc23)c(C)c1. The maximum absolute atomic E-state index is 12.2. The number of carbonyl (C=O) groups is 2. The Hall–Kier alpha value is -3.28. The molecule has 0 bridgehead atoms. The monoisotopic (exact) mass is 378 g/mol. The zero-order chi connectivity index (χ0) is 20.1. The van der Waals surface area contributed by atoms with Crippen molar-refractivity contribution in [1.29, 1.82) is 0 Å². The van der Waals surface area contributed by atoms with E-state index in [1.54, 1.807) is 0 Å². The Morgan fingerprint density at radius 1 is 1.00 bits per heavy atom. The molecular weight excluding hydrogens is 352 g/mol. The molecule has 0 atom stereocenters. The van der Waals surface area contributed by atoms with Crippen molar-refractivity contribution in [2.45, 2.75) is 27.2 Å². The van der Waals surface area contributed by atoms with E-state index < -0.39 is 0 Å². The first-order valence-corrected chi connectivity index (χ1v) is 9.38. The van der Waals surface area contributed by atoms with Gasteiger partial charge in [0.1, 0.15) is 0 Å². The highest BCUT2D eigenvalue weighted by molar-refractivity contribution is 5.95. The number of hydrogen-bond donors (Lipinski definition) is 4. The fourth-order valence-corrected chi connectivity index (χ4v) is 3.43. The van der Waals surface area contributed by atoms with Gasteiger partial charge in [0, 0.05) is 29.3 Å². The summed E-state index contributed by atoms with van der Waals surface area (Å²) < 4.78 is 0. The van der Waals surface area contributed by atoms with Crippen molar-refractivity contribution in [1.82, 2.24) is 15.6 Å². The number of para-hydroxylation sites is 1. The third-order valence-electron chi connectivity index (χ3n) is 4.71. The lowest BCUT2D eigenvalue weighted by molar-refractivity contribution is -0.115. The molecule has 1 heterocycles. The van der Waals surface area contributed by atoms with E-state index in [0.717, 1.165) is 38.8 Å².